The first kappa shape index (κ1) is 65.1. The molecule has 22 rings (SSSR count). The van der Waals surface area contributed by atoms with Crippen molar-refractivity contribution < 1.29 is 0 Å². The largest absolute Gasteiger partial charge is 0.319 e. The number of rotatable bonds is 10. The second-order valence-corrected chi connectivity index (χ2v) is 28.7. The van der Waals surface area contributed by atoms with Crippen LogP contribution < -0.4 is 0 Å². The van der Waals surface area contributed by atoms with E-state index in [-0.39, 0.29) is 0 Å². The maximum atomic E-state index is 8.40. The molecule has 520 valence electrons. The Morgan fingerprint density at radius 1 is 0.205 bits per heavy atom. The lowest BCUT2D eigenvalue weighted by molar-refractivity contribution is 1.18. The Bertz CT molecular complexity index is 7550. The number of hydrogen-bond donors (Lipinski definition) is 0. The third-order valence-corrected chi connectivity index (χ3v) is 22.1. The molecule has 0 N–H and O–H groups in total. The van der Waals surface area contributed by atoms with Gasteiger partial charge in [0, 0.05) is 60.0 Å². The number of hydrogen-bond acceptors (Lipinski definition) is 4. The van der Waals surface area contributed by atoms with Crippen LogP contribution in [0.4, 0.5) is 5.69 Å². The highest BCUT2D eigenvalue weighted by molar-refractivity contribution is 6.16. The highest BCUT2D eigenvalue weighted by Gasteiger charge is 2.23. The highest BCUT2D eigenvalue weighted by Crippen LogP contribution is 2.45. The van der Waals surface area contributed by atoms with E-state index in [2.05, 4.69) is 366 Å². The van der Waals surface area contributed by atoms with Crippen molar-refractivity contribution in [2.24, 2.45) is 0 Å². The van der Waals surface area contributed by atoms with Crippen molar-refractivity contribution in [1.29, 1.82) is 0 Å². The molecule has 18 aromatic carbocycles. The molecule has 4 heterocycles. The quantitative estimate of drug-likeness (QED) is 0.128. The smallest absolute Gasteiger partial charge is 0.211 e. The minimum Gasteiger partial charge on any atom is -0.319 e. The van der Waals surface area contributed by atoms with E-state index >= 15 is 0 Å². The minimum absolute atomic E-state index is 0.535. The van der Waals surface area contributed by atoms with Gasteiger partial charge in [0.05, 0.1) is 62.4 Å². The van der Waals surface area contributed by atoms with Crippen LogP contribution in [-0.4, -0.2) is 29.1 Å². The maximum Gasteiger partial charge on any atom is 0.211 e. The predicted octanol–water partition coefficient (Wildman–Crippen LogP) is 28.0. The minimum atomic E-state index is 0.535. The van der Waals surface area contributed by atoms with Crippen LogP contribution in [0.25, 0.3) is 215 Å². The molecule has 0 fully saturated rings. The molecule has 7 heteroatoms. The fraction of sp³-hybridized carbons (Fsp3) is 0. The second kappa shape index (κ2) is 27.2. The number of benzene rings is 18. The zero-order valence-electron chi connectivity index (χ0n) is 60.7. The fourth-order valence-corrected chi connectivity index (χ4v) is 16.7. The van der Waals surface area contributed by atoms with Gasteiger partial charge in [-0.1, -0.05) is 303 Å². The van der Waals surface area contributed by atoms with Gasteiger partial charge in [0.25, 0.3) is 0 Å². The zero-order chi connectivity index (χ0) is 74.2. The van der Waals surface area contributed by atoms with Crippen LogP contribution in [0.3, 0.4) is 0 Å². The van der Waals surface area contributed by atoms with Crippen LogP contribution >= 0.6 is 0 Å². The summed E-state index contributed by atoms with van der Waals surface area (Å²) in [5.74, 6) is 1.27. The molecule has 0 bridgehead atoms. The Morgan fingerprint density at radius 3 is 1.21 bits per heavy atom. The van der Waals surface area contributed by atoms with Crippen molar-refractivity contribution in [3.63, 3.8) is 0 Å². The summed E-state index contributed by atoms with van der Waals surface area (Å²) in [6.45, 7) is 8.40. The number of nitrogens with zero attached hydrogens (tertiary/aromatic N) is 7. The molecule has 4 aromatic heterocycles. The van der Waals surface area contributed by atoms with Crippen LogP contribution in [-0.2, 0) is 0 Å². The molecular formula is C105H65N7. The van der Waals surface area contributed by atoms with Gasteiger partial charge in [-0.05, 0) is 173 Å². The Morgan fingerprint density at radius 2 is 0.616 bits per heavy atom. The van der Waals surface area contributed by atoms with Gasteiger partial charge in [0.15, 0.2) is 11.6 Å². The van der Waals surface area contributed by atoms with E-state index in [1.54, 1.807) is 0 Å². The van der Waals surface area contributed by atoms with E-state index in [1.807, 2.05) is 42.5 Å². The summed E-state index contributed by atoms with van der Waals surface area (Å²) in [5, 5.41) is 16.3. The lowest BCUT2D eigenvalue weighted by Crippen LogP contribution is -1.99. The van der Waals surface area contributed by atoms with Crippen molar-refractivity contribution in [1.82, 2.24) is 29.1 Å². The highest BCUT2D eigenvalue weighted by atomic mass is 15.0. The van der Waals surface area contributed by atoms with Crippen LogP contribution in [0.1, 0.15) is 0 Å². The Labute approximate surface area is 646 Å². The maximum absolute atomic E-state index is 8.40. The number of para-hydroxylation sites is 2. The third-order valence-electron chi connectivity index (χ3n) is 22.1. The molecule has 0 aliphatic rings. The second-order valence-electron chi connectivity index (χ2n) is 28.7. The van der Waals surface area contributed by atoms with E-state index in [0.717, 1.165) is 133 Å². The molecule has 112 heavy (non-hydrogen) atoms. The van der Waals surface area contributed by atoms with Gasteiger partial charge in [-0.2, -0.15) is 0 Å². The summed E-state index contributed by atoms with van der Waals surface area (Å²) >= 11 is 0. The molecule has 7 nitrogen and oxygen atoms in total. The van der Waals surface area contributed by atoms with E-state index < -0.39 is 0 Å². The average molecular weight is 1420 g/mol. The average Bonchev–Trinajstić information content (AvgIpc) is 1.52. The van der Waals surface area contributed by atoms with Crippen molar-refractivity contribution >= 4 is 114 Å². The van der Waals surface area contributed by atoms with Crippen molar-refractivity contribution in [2.45, 2.75) is 0 Å². The van der Waals surface area contributed by atoms with Gasteiger partial charge in [0.1, 0.15) is 0 Å². The normalized spacial score (nSPS) is 11.6. The van der Waals surface area contributed by atoms with Crippen LogP contribution in [0.15, 0.2) is 394 Å². The Kier molecular flexibility index (Phi) is 15.8. The van der Waals surface area contributed by atoms with Crippen LogP contribution in [0, 0.1) is 6.57 Å². The summed E-state index contributed by atoms with van der Waals surface area (Å²) in [7, 11) is 0. The predicted molar refractivity (Wildman–Crippen MR) is 468 cm³/mol. The molecule has 0 atom stereocenters. The molecule has 0 spiro atoms. The first-order valence-electron chi connectivity index (χ1n) is 37.8. The van der Waals surface area contributed by atoms with Gasteiger partial charge >= 0.3 is 0 Å². The molecule has 0 saturated heterocycles. The summed E-state index contributed by atoms with van der Waals surface area (Å²) in [4.78, 5) is 25.5. The van der Waals surface area contributed by atoms with Gasteiger partial charge in [-0.3, -0.25) is 0 Å². The lowest BCUT2D eigenvalue weighted by atomic mass is 9.91. The molecule has 0 unspecified atom stereocenters. The summed E-state index contributed by atoms with van der Waals surface area (Å²) in [6, 6.07) is 140. The van der Waals surface area contributed by atoms with Gasteiger partial charge in [0.2, 0.25) is 5.69 Å². The van der Waals surface area contributed by atoms with E-state index in [0.29, 0.717) is 17.3 Å². The first-order chi connectivity index (χ1) is 55.4. The molecule has 0 aliphatic carbocycles. The van der Waals surface area contributed by atoms with E-state index in [1.165, 1.54) is 65.3 Å². The van der Waals surface area contributed by atoms with Crippen molar-refractivity contribution in [3.05, 3.63) is 406 Å². The topological polar surface area (TPSA) is 65.8 Å². The summed E-state index contributed by atoms with van der Waals surface area (Å²) < 4.78 is 4.66. The van der Waals surface area contributed by atoms with Gasteiger partial charge in [-0.15, -0.1) is 0 Å². The van der Waals surface area contributed by atoms with Crippen LogP contribution in [0.5, 0.6) is 0 Å². The van der Waals surface area contributed by atoms with Crippen molar-refractivity contribution in [2.75, 3.05) is 0 Å². The first-order valence-corrected chi connectivity index (χ1v) is 37.8. The fourth-order valence-electron chi connectivity index (χ4n) is 16.7. The van der Waals surface area contributed by atoms with E-state index in [4.69, 9.17) is 26.5 Å². The molecule has 0 aliphatic heterocycles. The molecule has 0 saturated carbocycles. The summed E-state index contributed by atoms with van der Waals surface area (Å²) in [6.07, 6.45) is 0. The van der Waals surface area contributed by atoms with E-state index in [9.17, 15) is 0 Å². The molecule has 22 aromatic rings. The molecular weight excluding hydrogens is 1360 g/mol. The standard InChI is InChI=1S/C56H35N3.C49H30N4/c1-2-12-36(13-3-1)38-22-24-39(25-23-38)43-28-29-49-51(33-43)57-56(58-55(49)45-27-26-37-14-4-5-15-40(37)30-45)46-31-44-18-8-9-19-47(44)53(35-46)59-52-21-11-10-20-48(52)50-32-41-16-6-7-17-42(41)34-54(50)59;1-50-44-28-37(25-26-46(44)53-45-24-14-13-23-38(45)41-27-35-21-11-12-22-36(35)29-47(41)53)49-51-43-31-40(33-17-7-3-8-18-33)39(32-15-5-2-6-16-32)30-42(43)48(52-49)34-19-9-4-10-20-34/h1-35H;2-31H. The number of fused-ring (bicyclic) bond motifs is 12. The van der Waals surface area contributed by atoms with Gasteiger partial charge < -0.3 is 9.13 Å². The molecule has 0 amide bonds. The summed E-state index contributed by atoms with van der Waals surface area (Å²) in [5.41, 5.74) is 23.4. The SMILES string of the molecule is [C-]#[N+]c1cc(-c2nc(-c3ccccc3)c3cc(-c4ccccc4)c(-c4ccccc4)cc3n2)ccc1-n1c2ccccc2c2cc3ccccc3cc21.c1ccc(-c2ccc(-c3ccc4c(-c5ccc6ccccc6c5)nc(-c5cc(-n6c7ccccc7c7cc8ccccc8cc76)c6ccccc6c5)nc4c3)cc2)cc1. The number of aromatic nitrogens is 6. The Hall–Kier alpha value is -15.2. The van der Waals surface area contributed by atoms with Gasteiger partial charge in [-0.25, -0.2) is 24.8 Å². The third kappa shape index (κ3) is 11.5. The van der Waals surface area contributed by atoms with Crippen molar-refractivity contribution in [3.8, 4) is 101 Å². The monoisotopic (exact) mass is 1420 g/mol. The lowest BCUT2D eigenvalue weighted by Gasteiger charge is -2.16. The zero-order valence-corrected chi connectivity index (χ0v) is 60.7. The van der Waals surface area contributed by atoms with Crippen LogP contribution in [0.2, 0.25) is 0 Å². The Balaban J connectivity index is 0.000000142. The molecule has 0 radical (unpaired) electrons.